The molecular weight excluding hydrogens is 448 g/mol. The zero-order valence-electron chi connectivity index (χ0n) is 20.6. The Kier molecular flexibility index (Phi) is 5.11. The summed E-state index contributed by atoms with van der Waals surface area (Å²) < 4.78 is 8.35. The molecule has 0 aliphatic heterocycles. The molecule has 0 saturated carbocycles. The van der Waals surface area contributed by atoms with Crippen molar-refractivity contribution in [2.24, 2.45) is 0 Å². The van der Waals surface area contributed by atoms with Crippen molar-refractivity contribution in [2.45, 2.75) is 33.6 Å². The summed E-state index contributed by atoms with van der Waals surface area (Å²) in [5, 5.41) is 13.5. The minimum atomic E-state index is 0.135. The Morgan fingerprint density at radius 2 is 1.69 bits per heavy atom. The van der Waals surface area contributed by atoms with Crippen molar-refractivity contribution in [3.05, 3.63) is 89.9 Å². The Bertz CT molecular complexity index is 1770. The van der Waals surface area contributed by atoms with Crippen LogP contribution in [0, 0.1) is 13.8 Å². The fraction of sp³-hybridized carbons (Fsp3) is 0.167. The summed E-state index contributed by atoms with van der Waals surface area (Å²) in [6, 6.07) is 19.9. The minimum absolute atomic E-state index is 0.135. The Hall–Kier alpha value is -4.45. The molecule has 0 amide bonds. The smallest absolute Gasteiger partial charge is 0.220 e. The predicted octanol–water partition coefficient (Wildman–Crippen LogP) is 7.36. The van der Waals surface area contributed by atoms with E-state index in [0.717, 1.165) is 44.3 Å². The quantitative estimate of drug-likeness (QED) is 0.289. The van der Waals surface area contributed by atoms with Gasteiger partial charge in [0.1, 0.15) is 17.0 Å². The topological polar surface area (TPSA) is 73.1 Å². The molecule has 0 fully saturated rings. The molecule has 0 aliphatic rings. The van der Waals surface area contributed by atoms with Crippen LogP contribution in [-0.4, -0.2) is 24.6 Å². The monoisotopic (exact) mass is 474 g/mol. The van der Waals surface area contributed by atoms with Gasteiger partial charge >= 0.3 is 0 Å². The van der Waals surface area contributed by atoms with Gasteiger partial charge in [-0.1, -0.05) is 32.0 Å². The summed E-state index contributed by atoms with van der Waals surface area (Å²) in [6.07, 6.45) is 3.58. The van der Waals surface area contributed by atoms with Crippen molar-refractivity contribution in [1.82, 2.24) is 19.5 Å². The lowest BCUT2D eigenvalue weighted by atomic mass is 10.0. The van der Waals surface area contributed by atoms with Crippen molar-refractivity contribution in [1.29, 1.82) is 0 Å². The Labute approximate surface area is 208 Å². The Balaban J connectivity index is 1.54. The molecule has 178 valence electrons. The van der Waals surface area contributed by atoms with Crippen molar-refractivity contribution in [3.8, 4) is 23.2 Å². The van der Waals surface area contributed by atoms with E-state index in [9.17, 15) is 5.11 Å². The maximum absolute atomic E-state index is 10.3. The van der Waals surface area contributed by atoms with Gasteiger partial charge in [-0.25, -0.2) is 9.97 Å². The number of nitrogens with zero attached hydrogens (tertiary/aromatic N) is 4. The highest BCUT2D eigenvalue weighted by atomic mass is 16.5. The number of pyridine rings is 1. The van der Waals surface area contributed by atoms with Gasteiger partial charge in [0.15, 0.2) is 5.82 Å². The van der Waals surface area contributed by atoms with E-state index in [1.165, 1.54) is 5.56 Å². The zero-order chi connectivity index (χ0) is 25.0. The summed E-state index contributed by atoms with van der Waals surface area (Å²) in [5.41, 5.74) is 5.70. The number of benzene rings is 3. The molecule has 36 heavy (non-hydrogen) atoms. The summed E-state index contributed by atoms with van der Waals surface area (Å²) in [4.78, 5) is 13.7. The first-order chi connectivity index (χ1) is 17.4. The Morgan fingerprint density at radius 3 is 2.47 bits per heavy atom. The van der Waals surface area contributed by atoms with E-state index in [2.05, 4.69) is 57.6 Å². The van der Waals surface area contributed by atoms with Crippen LogP contribution in [0.2, 0.25) is 0 Å². The van der Waals surface area contributed by atoms with Gasteiger partial charge in [0, 0.05) is 28.3 Å². The molecule has 3 aromatic heterocycles. The third kappa shape index (κ3) is 3.62. The van der Waals surface area contributed by atoms with Crippen LogP contribution in [0.1, 0.15) is 36.6 Å². The number of phenolic OH excluding ortho intramolecular Hbond substituents is 1. The van der Waals surface area contributed by atoms with Gasteiger partial charge in [-0.15, -0.1) is 0 Å². The first-order valence-corrected chi connectivity index (χ1v) is 12.0. The van der Waals surface area contributed by atoms with Crippen molar-refractivity contribution >= 4 is 32.7 Å². The fourth-order valence-electron chi connectivity index (χ4n) is 4.73. The second-order valence-electron chi connectivity index (χ2n) is 9.51. The summed E-state index contributed by atoms with van der Waals surface area (Å²) in [7, 11) is 0. The zero-order valence-corrected chi connectivity index (χ0v) is 20.6. The molecule has 3 heterocycles. The van der Waals surface area contributed by atoms with Gasteiger partial charge in [0.25, 0.3) is 0 Å². The van der Waals surface area contributed by atoms with Gasteiger partial charge < -0.3 is 9.84 Å². The second kappa shape index (κ2) is 8.34. The fourth-order valence-corrected chi connectivity index (χ4v) is 4.73. The number of aryl methyl sites for hydroxylation is 2. The van der Waals surface area contributed by atoms with Gasteiger partial charge in [-0.3, -0.25) is 9.55 Å². The number of hydrogen-bond acceptors (Lipinski definition) is 5. The van der Waals surface area contributed by atoms with E-state index in [1.54, 1.807) is 18.5 Å². The summed E-state index contributed by atoms with van der Waals surface area (Å²) in [6.45, 7) is 8.32. The average Bonchev–Trinajstić information content (AvgIpc) is 3.18. The number of fused-ring (bicyclic) bond motifs is 4. The number of ether oxygens (including phenoxy) is 1. The van der Waals surface area contributed by atoms with E-state index in [-0.39, 0.29) is 5.75 Å². The van der Waals surface area contributed by atoms with E-state index in [4.69, 9.17) is 4.74 Å². The molecule has 1 N–H and O–H groups in total. The lowest BCUT2D eigenvalue weighted by molar-refractivity contribution is 0.460. The van der Waals surface area contributed by atoms with Crippen LogP contribution in [0.5, 0.6) is 17.4 Å². The van der Waals surface area contributed by atoms with Gasteiger partial charge in [-0.05, 0) is 61.2 Å². The Morgan fingerprint density at radius 1 is 0.833 bits per heavy atom. The number of phenols is 1. The highest BCUT2D eigenvalue weighted by Gasteiger charge is 2.16. The normalized spacial score (nSPS) is 11.7. The van der Waals surface area contributed by atoms with Crippen LogP contribution >= 0.6 is 0 Å². The molecule has 0 bridgehead atoms. The van der Waals surface area contributed by atoms with Crippen molar-refractivity contribution in [3.63, 3.8) is 0 Å². The third-order valence-corrected chi connectivity index (χ3v) is 6.65. The predicted molar refractivity (Wildman–Crippen MR) is 143 cm³/mol. The lowest BCUT2D eigenvalue weighted by Crippen LogP contribution is -1.99. The summed E-state index contributed by atoms with van der Waals surface area (Å²) in [5.74, 6) is 2.39. The molecule has 0 atom stereocenters. The van der Waals surface area contributed by atoms with Crippen LogP contribution in [0.4, 0.5) is 0 Å². The number of aromatic nitrogens is 4. The van der Waals surface area contributed by atoms with Crippen LogP contribution in [0.15, 0.2) is 73.1 Å². The molecule has 0 aliphatic carbocycles. The largest absolute Gasteiger partial charge is 0.506 e. The molecule has 0 saturated heterocycles. The average molecular weight is 475 g/mol. The van der Waals surface area contributed by atoms with E-state index < -0.39 is 0 Å². The van der Waals surface area contributed by atoms with Crippen molar-refractivity contribution in [2.75, 3.05) is 0 Å². The number of rotatable bonds is 4. The van der Waals surface area contributed by atoms with Gasteiger partial charge in [0.2, 0.25) is 5.88 Å². The standard InChI is InChI=1S/C30H26N4O2/c1-17(2)20-8-11-25-24(13-20)23-10-9-21(14-26(23)34(25)28-16-31-19(4)15-32-28)36-29-12-18(3)22-6-5-7-27(35)30(22)33-29/h5-17,35H,1-4H3. The second-order valence-corrected chi connectivity index (χ2v) is 9.51. The molecule has 6 nitrogen and oxygen atoms in total. The number of para-hydroxylation sites is 1. The first kappa shape index (κ1) is 22.0. The molecule has 6 rings (SSSR count). The highest BCUT2D eigenvalue weighted by Crippen LogP contribution is 2.37. The maximum atomic E-state index is 10.3. The van der Waals surface area contributed by atoms with Crippen LogP contribution in [0.25, 0.3) is 38.5 Å². The van der Waals surface area contributed by atoms with E-state index >= 15 is 0 Å². The molecular formula is C30H26N4O2. The SMILES string of the molecule is Cc1cnc(-n2c3ccc(C(C)C)cc3c3ccc(Oc4cc(C)c5cccc(O)c5n4)cc32)cn1. The first-order valence-electron chi connectivity index (χ1n) is 12.0. The van der Waals surface area contributed by atoms with Crippen LogP contribution in [-0.2, 0) is 0 Å². The van der Waals surface area contributed by atoms with Crippen molar-refractivity contribution < 1.29 is 9.84 Å². The van der Waals surface area contributed by atoms with Gasteiger partial charge in [0.05, 0.1) is 29.1 Å². The molecule has 0 unspecified atom stereocenters. The maximum Gasteiger partial charge on any atom is 0.220 e. The molecule has 6 heteroatoms. The molecule has 0 spiro atoms. The summed E-state index contributed by atoms with van der Waals surface area (Å²) >= 11 is 0. The number of hydrogen-bond donors (Lipinski definition) is 1. The van der Waals surface area contributed by atoms with Gasteiger partial charge in [-0.2, -0.15) is 0 Å². The lowest BCUT2D eigenvalue weighted by Gasteiger charge is -2.10. The van der Waals surface area contributed by atoms with Crippen LogP contribution < -0.4 is 4.74 Å². The third-order valence-electron chi connectivity index (χ3n) is 6.65. The number of aromatic hydroxyl groups is 1. The molecule has 6 aromatic rings. The minimum Gasteiger partial charge on any atom is -0.506 e. The highest BCUT2D eigenvalue weighted by molar-refractivity contribution is 6.09. The van der Waals surface area contributed by atoms with E-state index in [1.807, 2.05) is 44.2 Å². The molecule has 0 radical (unpaired) electrons. The van der Waals surface area contributed by atoms with Crippen LogP contribution in [0.3, 0.4) is 0 Å². The molecule has 3 aromatic carbocycles. The van der Waals surface area contributed by atoms with E-state index in [0.29, 0.717) is 23.1 Å².